The van der Waals surface area contributed by atoms with Gasteiger partial charge >= 0.3 is 6.03 Å². The van der Waals surface area contributed by atoms with Crippen LogP contribution in [0.1, 0.15) is 44.4 Å². The molecule has 1 aliphatic heterocycles. The fourth-order valence-corrected chi connectivity index (χ4v) is 3.70. The van der Waals surface area contributed by atoms with Gasteiger partial charge in [-0.3, -0.25) is 4.90 Å². The summed E-state index contributed by atoms with van der Waals surface area (Å²) in [6.07, 6.45) is 5.26. The van der Waals surface area contributed by atoms with Crippen molar-refractivity contribution in [3.8, 4) is 0 Å². The molecule has 1 atom stereocenters. The van der Waals surface area contributed by atoms with Gasteiger partial charge in [0.15, 0.2) is 0 Å². The molecule has 0 saturated carbocycles. The number of rotatable bonds is 6. The number of thiophene rings is 1. The third-order valence-electron chi connectivity index (χ3n) is 4.35. The third kappa shape index (κ3) is 5.61. The van der Waals surface area contributed by atoms with Gasteiger partial charge in [-0.25, -0.2) is 4.79 Å². The van der Waals surface area contributed by atoms with Crippen molar-refractivity contribution in [3.63, 3.8) is 0 Å². The zero-order valence-electron chi connectivity index (χ0n) is 13.8. The highest BCUT2D eigenvalue weighted by molar-refractivity contribution is 7.09. The number of amides is 2. The summed E-state index contributed by atoms with van der Waals surface area (Å²) in [5, 5.41) is 8.02. The fourth-order valence-electron chi connectivity index (χ4n) is 3.05. The van der Waals surface area contributed by atoms with Crippen LogP contribution in [0.3, 0.4) is 0 Å². The molecule has 1 unspecified atom stereocenters. The van der Waals surface area contributed by atoms with Crippen molar-refractivity contribution in [1.29, 1.82) is 0 Å². The Hall–Kier alpha value is -1.07. The topological polar surface area (TPSA) is 44.4 Å². The van der Waals surface area contributed by atoms with E-state index in [1.165, 1.54) is 43.6 Å². The summed E-state index contributed by atoms with van der Waals surface area (Å²) in [5.41, 5.74) is 0. The van der Waals surface area contributed by atoms with Crippen molar-refractivity contribution in [2.45, 2.75) is 52.1 Å². The van der Waals surface area contributed by atoms with E-state index in [0.717, 1.165) is 6.54 Å². The maximum absolute atomic E-state index is 12.0. The summed E-state index contributed by atoms with van der Waals surface area (Å²) in [6, 6.07) is 4.42. The van der Waals surface area contributed by atoms with E-state index in [1.54, 1.807) is 11.3 Å². The van der Waals surface area contributed by atoms with Gasteiger partial charge in [0.25, 0.3) is 0 Å². The molecular formula is C17H29N3OS. The Morgan fingerprint density at radius 2 is 1.95 bits per heavy atom. The van der Waals surface area contributed by atoms with Crippen LogP contribution in [0.4, 0.5) is 4.79 Å². The quantitative estimate of drug-likeness (QED) is 0.842. The van der Waals surface area contributed by atoms with Gasteiger partial charge in [0.1, 0.15) is 0 Å². The van der Waals surface area contributed by atoms with Gasteiger partial charge in [0.05, 0.1) is 6.54 Å². The van der Waals surface area contributed by atoms with E-state index in [4.69, 9.17) is 0 Å². The molecule has 22 heavy (non-hydrogen) atoms. The predicted molar refractivity (Wildman–Crippen MR) is 93.2 cm³/mol. The first-order chi connectivity index (χ1) is 10.7. The average molecular weight is 324 g/mol. The smallest absolute Gasteiger partial charge is 0.315 e. The summed E-state index contributed by atoms with van der Waals surface area (Å²) in [5.74, 6) is 0.552. The average Bonchev–Trinajstić information content (AvgIpc) is 2.87. The minimum Gasteiger partial charge on any atom is -0.337 e. The lowest BCUT2D eigenvalue weighted by atomic mass is 10.0. The van der Waals surface area contributed by atoms with Crippen molar-refractivity contribution in [2.75, 3.05) is 19.6 Å². The van der Waals surface area contributed by atoms with Crippen LogP contribution in [0, 0.1) is 5.92 Å². The summed E-state index contributed by atoms with van der Waals surface area (Å²) >= 11 is 1.67. The van der Waals surface area contributed by atoms with E-state index in [-0.39, 0.29) is 6.03 Å². The van der Waals surface area contributed by atoms with E-state index in [9.17, 15) is 4.79 Å². The van der Waals surface area contributed by atoms with E-state index in [1.807, 2.05) is 17.5 Å². The standard InChI is InChI=1S/C17H29N3OS/c1-14(2)16(20-9-5-3-4-6-10-20)13-19-17(21)18-12-15-8-7-11-22-15/h7-8,11,14,16H,3-6,9-10,12-13H2,1-2H3,(H2,18,19,21). The van der Waals surface area contributed by atoms with Crippen LogP contribution >= 0.6 is 11.3 Å². The molecule has 0 spiro atoms. The number of nitrogens with one attached hydrogen (secondary N) is 2. The highest BCUT2D eigenvalue weighted by atomic mass is 32.1. The molecule has 1 aromatic rings. The van der Waals surface area contributed by atoms with Gasteiger partial charge in [0.2, 0.25) is 0 Å². The van der Waals surface area contributed by atoms with Crippen LogP contribution in [-0.4, -0.2) is 36.6 Å². The first kappa shape index (κ1) is 17.3. The molecule has 1 aromatic heterocycles. The Morgan fingerprint density at radius 3 is 2.55 bits per heavy atom. The number of carbonyl (C=O) groups is 1. The second kappa shape index (κ2) is 9.16. The minimum atomic E-state index is -0.0612. The Kier molecular flexibility index (Phi) is 7.19. The number of hydrogen-bond donors (Lipinski definition) is 2. The Bertz CT molecular complexity index is 425. The number of hydrogen-bond acceptors (Lipinski definition) is 3. The van der Waals surface area contributed by atoms with Crippen molar-refractivity contribution >= 4 is 17.4 Å². The van der Waals surface area contributed by atoms with E-state index in [2.05, 4.69) is 29.4 Å². The second-order valence-electron chi connectivity index (χ2n) is 6.40. The summed E-state index contributed by atoms with van der Waals surface area (Å²) in [6.45, 7) is 8.18. The monoisotopic (exact) mass is 323 g/mol. The molecule has 1 fully saturated rings. The molecule has 0 radical (unpaired) electrons. The van der Waals surface area contributed by atoms with Gasteiger partial charge in [-0.2, -0.15) is 0 Å². The van der Waals surface area contributed by atoms with Crippen LogP contribution in [0.25, 0.3) is 0 Å². The zero-order valence-corrected chi connectivity index (χ0v) is 14.6. The lowest BCUT2D eigenvalue weighted by Crippen LogP contribution is -2.49. The maximum atomic E-state index is 12.0. The maximum Gasteiger partial charge on any atom is 0.315 e. The first-order valence-electron chi connectivity index (χ1n) is 8.45. The molecule has 2 amide bonds. The second-order valence-corrected chi connectivity index (χ2v) is 7.44. The number of carbonyl (C=O) groups excluding carboxylic acids is 1. The predicted octanol–water partition coefficient (Wildman–Crippen LogP) is 3.45. The summed E-state index contributed by atoms with van der Waals surface area (Å²) < 4.78 is 0. The normalized spacial score (nSPS) is 18.0. The molecule has 0 bridgehead atoms. The van der Waals surface area contributed by atoms with Crippen molar-refractivity contribution in [2.24, 2.45) is 5.92 Å². The van der Waals surface area contributed by atoms with Crippen LogP contribution in [0.2, 0.25) is 0 Å². The van der Waals surface area contributed by atoms with E-state index in [0.29, 0.717) is 18.5 Å². The molecule has 0 aromatic carbocycles. The fraction of sp³-hybridized carbons (Fsp3) is 0.706. The highest BCUT2D eigenvalue weighted by Gasteiger charge is 2.23. The molecule has 2 heterocycles. The lowest BCUT2D eigenvalue weighted by molar-refractivity contribution is 0.157. The largest absolute Gasteiger partial charge is 0.337 e. The lowest BCUT2D eigenvalue weighted by Gasteiger charge is -2.33. The highest BCUT2D eigenvalue weighted by Crippen LogP contribution is 2.17. The first-order valence-corrected chi connectivity index (χ1v) is 9.33. The molecular weight excluding hydrogens is 294 g/mol. The number of urea groups is 1. The molecule has 2 rings (SSSR count). The number of nitrogens with zero attached hydrogens (tertiary/aromatic N) is 1. The molecule has 1 saturated heterocycles. The van der Waals surface area contributed by atoms with Crippen LogP contribution in [-0.2, 0) is 6.54 Å². The van der Waals surface area contributed by atoms with Crippen molar-refractivity contribution < 1.29 is 4.79 Å². The molecule has 0 aliphatic carbocycles. The van der Waals surface area contributed by atoms with Crippen molar-refractivity contribution in [3.05, 3.63) is 22.4 Å². The molecule has 1 aliphatic rings. The molecule has 124 valence electrons. The summed E-state index contributed by atoms with van der Waals surface area (Å²) in [4.78, 5) is 15.7. The van der Waals surface area contributed by atoms with Crippen LogP contribution in [0.5, 0.6) is 0 Å². The van der Waals surface area contributed by atoms with Gasteiger partial charge in [0, 0.05) is 17.5 Å². The van der Waals surface area contributed by atoms with Crippen molar-refractivity contribution in [1.82, 2.24) is 15.5 Å². The molecule has 2 N–H and O–H groups in total. The zero-order chi connectivity index (χ0) is 15.8. The van der Waals surface area contributed by atoms with Crippen LogP contribution < -0.4 is 10.6 Å². The van der Waals surface area contributed by atoms with Gasteiger partial charge in [-0.15, -0.1) is 11.3 Å². The SMILES string of the molecule is CC(C)C(CNC(=O)NCc1cccs1)N1CCCCCC1. The summed E-state index contributed by atoms with van der Waals surface area (Å²) in [7, 11) is 0. The number of likely N-dealkylation sites (tertiary alicyclic amines) is 1. The Balaban J connectivity index is 1.76. The Labute approximate surface area is 138 Å². The van der Waals surface area contributed by atoms with Gasteiger partial charge in [-0.1, -0.05) is 32.8 Å². The molecule has 5 heteroatoms. The van der Waals surface area contributed by atoms with Crippen LogP contribution in [0.15, 0.2) is 17.5 Å². The van der Waals surface area contributed by atoms with Gasteiger partial charge < -0.3 is 10.6 Å². The minimum absolute atomic E-state index is 0.0612. The molecule has 4 nitrogen and oxygen atoms in total. The Morgan fingerprint density at radius 1 is 1.23 bits per heavy atom. The van der Waals surface area contributed by atoms with E-state index >= 15 is 0 Å². The van der Waals surface area contributed by atoms with Gasteiger partial charge in [-0.05, 0) is 43.3 Å². The third-order valence-corrected chi connectivity index (χ3v) is 5.23. The van der Waals surface area contributed by atoms with E-state index < -0.39 is 0 Å².